The maximum absolute atomic E-state index is 13.2. The van der Waals surface area contributed by atoms with Gasteiger partial charge in [0.1, 0.15) is 5.75 Å². The van der Waals surface area contributed by atoms with Crippen LogP contribution < -0.4 is 10.5 Å². The van der Waals surface area contributed by atoms with Crippen molar-refractivity contribution >= 4 is 46.6 Å². The van der Waals surface area contributed by atoms with E-state index < -0.39 is 11.3 Å². The minimum Gasteiger partial charge on any atom is -0.493 e. The molecule has 1 atom stereocenters. The molecule has 30 heavy (non-hydrogen) atoms. The van der Waals surface area contributed by atoms with Crippen LogP contribution in [-0.4, -0.2) is 36.4 Å². The highest BCUT2D eigenvalue weighted by Crippen LogP contribution is 2.36. The molecule has 2 aromatic carbocycles. The minimum absolute atomic E-state index is 0.111. The monoisotopic (exact) mass is 468 g/mol. The Morgan fingerprint density at radius 2 is 1.83 bits per heavy atom. The first-order valence-electron chi connectivity index (χ1n) is 9.61. The molecule has 1 aliphatic heterocycles. The van der Waals surface area contributed by atoms with Gasteiger partial charge in [-0.05, 0) is 55.7 Å². The molecule has 0 bridgehead atoms. The number of nitrogens with zero attached hydrogens (tertiary/aromatic N) is 1. The summed E-state index contributed by atoms with van der Waals surface area (Å²) in [7, 11) is 0. The number of hydrogen-bond donors (Lipinski definition) is 1. The predicted molar refractivity (Wildman–Crippen MR) is 120 cm³/mol. The lowest BCUT2D eigenvalue weighted by Crippen LogP contribution is -2.50. The summed E-state index contributed by atoms with van der Waals surface area (Å²) in [6.07, 6.45) is 1.53. The number of carbonyl (C=O) groups is 2. The van der Waals surface area contributed by atoms with Gasteiger partial charge in [0.25, 0.3) is 5.91 Å². The molecule has 2 N–H and O–H groups in total. The van der Waals surface area contributed by atoms with Crippen molar-refractivity contribution in [1.29, 1.82) is 0 Å². The zero-order valence-electron chi connectivity index (χ0n) is 16.6. The molecule has 2 aromatic rings. The zero-order valence-corrected chi connectivity index (χ0v) is 18.9. The molecule has 0 unspecified atom stereocenters. The van der Waals surface area contributed by atoms with Crippen molar-refractivity contribution in [2.75, 3.05) is 19.7 Å². The number of nitrogens with two attached hydrogens (primary N) is 1. The SMILES string of the molecule is Cc1cc(OC[C@]2(CC(N)=O)CCCN(C(=O)c3c(Cl)cccc3Cl)C2)ccc1Cl. The molecule has 0 aliphatic carbocycles. The number of rotatable bonds is 6. The van der Waals surface area contributed by atoms with Crippen molar-refractivity contribution in [1.82, 2.24) is 4.90 Å². The van der Waals surface area contributed by atoms with Gasteiger partial charge in [-0.1, -0.05) is 40.9 Å². The van der Waals surface area contributed by atoms with E-state index in [0.717, 1.165) is 5.56 Å². The molecule has 1 aliphatic rings. The van der Waals surface area contributed by atoms with Crippen LogP contribution in [0.2, 0.25) is 15.1 Å². The summed E-state index contributed by atoms with van der Waals surface area (Å²) >= 11 is 18.5. The van der Waals surface area contributed by atoms with Gasteiger partial charge in [-0.3, -0.25) is 9.59 Å². The number of ether oxygens (including phenoxy) is 1. The average molecular weight is 470 g/mol. The quantitative estimate of drug-likeness (QED) is 0.637. The second-order valence-corrected chi connectivity index (χ2v) is 8.99. The van der Waals surface area contributed by atoms with E-state index >= 15 is 0 Å². The van der Waals surface area contributed by atoms with Gasteiger partial charge in [-0.25, -0.2) is 0 Å². The fourth-order valence-corrected chi connectivity index (χ4v) is 4.54. The van der Waals surface area contributed by atoms with Gasteiger partial charge in [-0.15, -0.1) is 0 Å². The zero-order chi connectivity index (χ0) is 21.9. The molecule has 160 valence electrons. The molecule has 1 fully saturated rings. The first kappa shape index (κ1) is 22.7. The van der Waals surface area contributed by atoms with E-state index in [-0.39, 0.29) is 24.5 Å². The van der Waals surface area contributed by atoms with Gasteiger partial charge in [0.05, 0.1) is 22.2 Å². The van der Waals surface area contributed by atoms with Crippen LogP contribution in [0.15, 0.2) is 36.4 Å². The minimum atomic E-state index is -0.596. The van der Waals surface area contributed by atoms with Gasteiger partial charge < -0.3 is 15.4 Å². The van der Waals surface area contributed by atoms with Crippen LogP contribution in [0.25, 0.3) is 0 Å². The lowest BCUT2D eigenvalue weighted by atomic mass is 9.77. The standard InChI is InChI=1S/C22H23Cl3N2O3/c1-14-10-15(6-7-16(14)23)30-13-22(11-19(26)28)8-3-9-27(12-22)21(29)20-17(24)4-2-5-18(20)25/h2,4-7,10H,3,8-9,11-13H2,1H3,(H2,26,28)/t22-/m0/s1. The van der Waals surface area contributed by atoms with Crippen molar-refractivity contribution < 1.29 is 14.3 Å². The van der Waals surface area contributed by atoms with Gasteiger partial charge in [0, 0.05) is 29.9 Å². The summed E-state index contributed by atoms with van der Waals surface area (Å²) in [6, 6.07) is 10.3. The Morgan fingerprint density at radius 1 is 1.13 bits per heavy atom. The van der Waals surface area contributed by atoms with Crippen molar-refractivity contribution in [3.05, 3.63) is 62.6 Å². The maximum atomic E-state index is 13.2. The second-order valence-electron chi connectivity index (χ2n) is 7.77. The highest BCUT2D eigenvalue weighted by Gasteiger charge is 2.40. The molecular formula is C22H23Cl3N2O3. The number of hydrogen-bond acceptors (Lipinski definition) is 3. The van der Waals surface area contributed by atoms with Crippen molar-refractivity contribution in [3.8, 4) is 5.75 Å². The van der Waals surface area contributed by atoms with E-state index in [9.17, 15) is 9.59 Å². The normalized spacial score (nSPS) is 18.9. The van der Waals surface area contributed by atoms with Crippen LogP contribution in [-0.2, 0) is 4.79 Å². The third-order valence-electron chi connectivity index (χ3n) is 5.35. The van der Waals surface area contributed by atoms with Crippen LogP contribution in [0.3, 0.4) is 0 Å². The van der Waals surface area contributed by atoms with Crippen molar-refractivity contribution in [2.45, 2.75) is 26.2 Å². The number of piperidine rings is 1. The molecule has 8 heteroatoms. The van der Waals surface area contributed by atoms with E-state index in [1.807, 2.05) is 13.0 Å². The summed E-state index contributed by atoms with van der Waals surface area (Å²) in [5, 5.41) is 1.25. The molecule has 0 radical (unpaired) electrons. The Morgan fingerprint density at radius 3 is 2.47 bits per heavy atom. The van der Waals surface area contributed by atoms with Crippen LogP contribution in [0.1, 0.15) is 35.2 Å². The lowest BCUT2D eigenvalue weighted by Gasteiger charge is -2.42. The number of carbonyl (C=O) groups excluding carboxylic acids is 2. The Balaban J connectivity index is 1.82. The Hall–Kier alpha value is -1.95. The van der Waals surface area contributed by atoms with Gasteiger partial charge in [0.2, 0.25) is 5.91 Å². The third-order valence-corrected chi connectivity index (χ3v) is 6.40. The number of halogens is 3. The molecule has 3 rings (SSSR count). The molecule has 0 saturated carbocycles. The third kappa shape index (κ3) is 5.20. The Labute approximate surface area is 191 Å². The molecule has 5 nitrogen and oxygen atoms in total. The molecular weight excluding hydrogens is 447 g/mol. The van der Waals surface area contributed by atoms with Crippen LogP contribution >= 0.6 is 34.8 Å². The molecule has 0 aromatic heterocycles. The van der Waals surface area contributed by atoms with Crippen molar-refractivity contribution in [2.24, 2.45) is 11.1 Å². The second kappa shape index (κ2) is 9.46. The van der Waals surface area contributed by atoms with Crippen LogP contribution in [0, 0.1) is 12.3 Å². The fourth-order valence-electron chi connectivity index (χ4n) is 3.87. The average Bonchev–Trinajstić information content (AvgIpc) is 2.68. The highest BCUT2D eigenvalue weighted by atomic mass is 35.5. The molecule has 2 amide bonds. The van der Waals surface area contributed by atoms with E-state index in [2.05, 4.69) is 0 Å². The first-order valence-corrected chi connectivity index (χ1v) is 10.7. The largest absolute Gasteiger partial charge is 0.493 e. The smallest absolute Gasteiger partial charge is 0.256 e. The van der Waals surface area contributed by atoms with Gasteiger partial charge >= 0.3 is 0 Å². The maximum Gasteiger partial charge on any atom is 0.256 e. The number of primary amides is 1. The van der Waals surface area contributed by atoms with Crippen LogP contribution in [0.5, 0.6) is 5.75 Å². The summed E-state index contributed by atoms with van der Waals surface area (Å²) in [5.74, 6) is -0.0456. The van der Waals surface area contributed by atoms with Crippen molar-refractivity contribution in [3.63, 3.8) is 0 Å². The summed E-state index contributed by atoms with van der Waals surface area (Å²) < 4.78 is 6.01. The molecule has 0 spiro atoms. The number of amides is 2. The van der Waals surface area contributed by atoms with Gasteiger partial charge in [0.15, 0.2) is 0 Å². The highest BCUT2D eigenvalue weighted by molar-refractivity contribution is 6.39. The first-order chi connectivity index (χ1) is 14.2. The molecule has 1 heterocycles. The summed E-state index contributed by atoms with van der Waals surface area (Å²) in [5.41, 5.74) is 6.11. The van der Waals surface area contributed by atoms with Gasteiger partial charge in [-0.2, -0.15) is 0 Å². The van der Waals surface area contributed by atoms with E-state index in [1.54, 1.807) is 35.2 Å². The summed E-state index contributed by atoms with van der Waals surface area (Å²) in [6.45, 7) is 3.00. The number of benzene rings is 2. The Bertz CT molecular complexity index is 946. The molecule has 1 saturated heterocycles. The number of aryl methyl sites for hydroxylation is 1. The van der Waals surface area contributed by atoms with E-state index in [0.29, 0.717) is 46.7 Å². The predicted octanol–water partition coefficient (Wildman–Crippen LogP) is 5.13. The van der Waals surface area contributed by atoms with E-state index in [1.165, 1.54) is 0 Å². The fraction of sp³-hybridized carbons (Fsp3) is 0.364. The van der Waals surface area contributed by atoms with E-state index in [4.69, 9.17) is 45.3 Å². The number of likely N-dealkylation sites (tertiary alicyclic amines) is 1. The Kier molecular flexibility index (Phi) is 7.17. The summed E-state index contributed by atoms with van der Waals surface area (Å²) in [4.78, 5) is 26.7. The lowest BCUT2D eigenvalue weighted by molar-refractivity contribution is -0.122. The van der Waals surface area contributed by atoms with Crippen LogP contribution in [0.4, 0.5) is 0 Å². The topological polar surface area (TPSA) is 72.6 Å².